The van der Waals surface area contributed by atoms with E-state index in [2.05, 4.69) is 21.2 Å². The van der Waals surface area contributed by atoms with Gasteiger partial charge in [0.25, 0.3) is 5.91 Å². The third-order valence-electron chi connectivity index (χ3n) is 4.68. The van der Waals surface area contributed by atoms with E-state index in [0.29, 0.717) is 37.0 Å². The number of halogens is 1. The molecule has 0 spiro atoms. The van der Waals surface area contributed by atoms with Crippen molar-refractivity contribution in [3.8, 4) is 0 Å². The number of rotatable bonds is 3. The molecule has 1 aromatic carbocycles. The van der Waals surface area contributed by atoms with Crippen molar-refractivity contribution in [3.05, 3.63) is 40.7 Å². The minimum atomic E-state index is -0.834. The molecule has 2 aromatic rings. The van der Waals surface area contributed by atoms with E-state index < -0.39 is 29.5 Å². The van der Waals surface area contributed by atoms with E-state index in [1.807, 2.05) is 4.90 Å². The first kappa shape index (κ1) is 19.3. The Balaban J connectivity index is 1.39. The zero-order valence-electron chi connectivity index (χ0n) is 15.2. The summed E-state index contributed by atoms with van der Waals surface area (Å²) in [5.41, 5.74) is 5.58. The van der Waals surface area contributed by atoms with Gasteiger partial charge in [0, 0.05) is 30.6 Å². The molecule has 11 heteroatoms. The van der Waals surface area contributed by atoms with Crippen LogP contribution in [-0.2, 0) is 14.3 Å². The standard InChI is InChI=1S/C18H18FN5O4S/c19-10-1-2-11-12(8-15(25)20-13(11)7-10)16(26)22-23-17(27)14-9-29-18(21-14)24-3-5-28-6-4-24/h1-2,7,9,12H,3-6,8H2,(H,20,25)(H,22,26)(H,23,27). The molecule has 0 bridgehead atoms. The van der Waals surface area contributed by atoms with Crippen LogP contribution in [0.1, 0.15) is 28.4 Å². The summed E-state index contributed by atoms with van der Waals surface area (Å²) in [6, 6.07) is 3.83. The van der Waals surface area contributed by atoms with E-state index in [9.17, 15) is 18.8 Å². The second kappa shape index (κ2) is 8.13. The summed E-state index contributed by atoms with van der Waals surface area (Å²) in [6.07, 6.45) is -0.0990. The summed E-state index contributed by atoms with van der Waals surface area (Å²) in [5, 5.41) is 4.86. The van der Waals surface area contributed by atoms with Crippen LogP contribution in [0.2, 0.25) is 0 Å². The number of ether oxygens (including phenoxy) is 1. The number of carbonyl (C=O) groups is 3. The van der Waals surface area contributed by atoms with Crippen LogP contribution in [0.25, 0.3) is 0 Å². The molecular formula is C18H18FN5O4S. The van der Waals surface area contributed by atoms with E-state index in [0.717, 1.165) is 6.07 Å². The molecule has 0 radical (unpaired) electrons. The summed E-state index contributed by atoms with van der Waals surface area (Å²) in [5.74, 6) is -2.88. The summed E-state index contributed by atoms with van der Waals surface area (Å²) < 4.78 is 18.7. The number of morpholine rings is 1. The van der Waals surface area contributed by atoms with E-state index in [4.69, 9.17) is 4.74 Å². The number of benzene rings is 1. The van der Waals surface area contributed by atoms with Crippen molar-refractivity contribution in [1.29, 1.82) is 0 Å². The monoisotopic (exact) mass is 419 g/mol. The molecule has 1 aromatic heterocycles. The molecule has 0 saturated carbocycles. The second-order valence-corrected chi connectivity index (χ2v) is 7.43. The van der Waals surface area contributed by atoms with Gasteiger partial charge in [-0.15, -0.1) is 11.3 Å². The van der Waals surface area contributed by atoms with E-state index >= 15 is 0 Å². The van der Waals surface area contributed by atoms with Gasteiger partial charge in [-0.05, 0) is 17.7 Å². The van der Waals surface area contributed by atoms with Crippen LogP contribution in [0.15, 0.2) is 23.6 Å². The molecule has 29 heavy (non-hydrogen) atoms. The fourth-order valence-corrected chi connectivity index (χ4v) is 4.07. The minimum absolute atomic E-state index is 0.0990. The maximum Gasteiger partial charge on any atom is 0.289 e. The molecule has 3 amide bonds. The maximum atomic E-state index is 13.4. The number of aromatic nitrogens is 1. The Hall–Kier alpha value is -3.05. The van der Waals surface area contributed by atoms with Crippen molar-refractivity contribution < 1.29 is 23.5 Å². The first-order chi connectivity index (χ1) is 14.0. The molecule has 1 saturated heterocycles. The number of anilines is 2. The lowest BCUT2D eigenvalue weighted by Crippen LogP contribution is -2.45. The number of nitrogens with zero attached hydrogens (tertiary/aromatic N) is 2. The molecule has 3 N–H and O–H groups in total. The van der Waals surface area contributed by atoms with Crippen LogP contribution in [0, 0.1) is 5.82 Å². The van der Waals surface area contributed by atoms with Gasteiger partial charge in [0.05, 0.1) is 19.1 Å². The quantitative estimate of drug-likeness (QED) is 0.640. The smallest absolute Gasteiger partial charge is 0.289 e. The number of hydrogen-bond donors (Lipinski definition) is 3. The molecule has 3 heterocycles. The number of amides is 3. The SMILES string of the molecule is O=C1CC(C(=O)NNC(=O)c2csc(N3CCOCC3)n2)c2ccc(F)cc2N1. The van der Waals surface area contributed by atoms with Gasteiger partial charge in [-0.1, -0.05) is 6.07 Å². The van der Waals surface area contributed by atoms with E-state index in [1.165, 1.54) is 23.5 Å². The highest BCUT2D eigenvalue weighted by Gasteiger charge is 2.31. The Kier molecular flexibility index (Phi) is 5.41. The van der Waals surface area contributed by atoms with Gasteiger partial charge in [-0.25, -0.2) is 9.37 Å². The van der Waals surface area contributed by atoms with Gasteiger partial charge >= 0.3 is 0 Å². The Labute approximate surface area is 169 Å². The van der Waals surface area contributed by atoms with Crippen molar-refractivity contribution in [2.75, 3.05) is 36.5 Å². The van der Waals surface area contributed by atoms with E-state index in [-0.39, 0.29) is 17.8 Å². The molecule has 2 aliphatic rings. The maximum absolute atomic E-state index is 13.4. The van der Waals surface area contributed by atoms with Crippen LogP contribution in [0.3, 0.4) is 0 Å². The number of hydrogen-bond acceptors (Lipinski definition) is 7. The van der Waals surface area contributed by atoms with E-state index in [1.54, 1.807) is 5.38 Å². The van der Waals surface area contributed by atoms with Gasteiger partial charge in [0.2, 0.25) is 11.8 Å². The summed E-state index contributed by atoms with van der Waals surface area (Å²) in [6.45, 7) is 2.62. The fraction of sp³-hybridized carbons (Fsp3) is 0.333. The average Bonchev–Trinajstić information content (AvgIpc) is 3.22. The number of fused-ring (bicyclic) bond motifs is 1. The molecule has 9 nitrogen and oxygen atoms in total. The third-order valence-corrected chi connectivity index (χ3v) is 5.58. The van der Waals surface area contributed by atoms with Crippen molar-refractivity contribution in [2.45, 2.75) is 12.3 Å². The van der Waals surface area contributed by atoms with Crippen LogP contribution in [-0.4, -0.2) is 49.0 Å². The number of hydrazine groups is 1. The minimum Gasteiger partial charge on any atom is -0.378 e. The van der Waals surface area contributed by atoms with Crippen molar-refractivity contribution >= 4 is 39.9 Å². The zero-order chi connectivity index (χ0) is 20.4. The lowest BCUT2D eigenvalue weighted by atomic mass is 9.90. The van der Waals surface area contributed by atoms with Gasteiger partial charge < -0.3 is 15.0 Å². The first-order valence-electron chi connectivity index (χ1n) is 8.99. The Morgan fingerprint density at radius 1 is 1.28 bits per heavy atom. The predicted octanol–water partition coefficient (Wildman–Crippen LogP) is 1.01. The van der Waals surface area contributed by atoms with Crippen LogP contribution < -0.4 is 21.1 Å². The Morgan fingerprint density at radius 2 is 2.07 bits per heavy atom. The fourth-order valence-electron chi connectivity index (χ4n) is 3.21. The molecule has 152 valence electrons. The van der Waals surface area contributed by atoms with Crippen LogP contribution in [0.4, 0.5) is 15.2 Å². The lowest BCUT2D eigenvalue weighted by Gasteiger charge is -2.26. The van der Waals surface area contributed by atoms with Crippen molar-refractivity contribution in [2.24, 2.45) is 0 Å². The summed E-state index contributed by atoms with van der Waals surface area (Å²) >= 11 is 1.34. The third kappa shape index (κ3) is 4.20. The average molecular weight is 419 g/mol. The highest BCUT2D eigenvalue weighted by atomic mass is 32.1. The number of nitrogens with one attached hydrogen (secondary N) is 3. The van der Waals surface area contributed by atoms with Crippen LogP contribution >= 0.6 is 11.3 Å². The predicted molar refractivity (Wildman–Crippen MR) is 103 cm³/mol. The highest BCUT2D eigenvalue weighted by molar-refractivity contribution is 7.13. The molecule has 4 rings (SSSR count). The van der Waals surface area contributed by atoms with Crippen LogP contribution in [0.5, 0.6) is 0 Å². The highest BCUT2D eigenvalue weighted by Crippen LogP contribution is 2.32. The lowest BCUT2D eigenvalue weighted by molar-refractivity contribution is -0.126. The summed E-state index contributed by atoms with van der Waals surface area (Å²) in [4.78, 5) is 43.0. The molecular weight excluding hydrogens is 401 g/mol. The van der Waals surface area contributed by atoms with Gasteiger partial charge in [0.15, 0.2) is 5.13 Å². The summed E-state index contributed by atoms with van der Waals surface area (Å²) in [7, 11) is 0. The van der Waals surface area contributed by atoms with Gasteiger partial charge in [-0.3, -0.25) is 25.2 Å². The van der Waals surface area contributed by atoms with Gasteiger partial charge in [0.1, 0.15) is 11.5 Å². The first-order valence-corrected chi connectivity index (χ1v) is 9.87. The second-order valence-electron chi connectivity index (χ2n) is 6.59. The normalized spacial score (nSPS) is 18.6. The molecule has 1 fully saturated rings. The molecule has 1 atom stereocenters. The topological polar surface area (TPSA) is 113 Å². The molecule has 1 unspecified atom stereocenters. The van der Waals surface area contributed by atoms with Crippen molar-refractivity contribution in [1.82, 2.24) is 15.8 Å². The molecule has 2 aliphatic heterocycles. The number of thiazole rings is 1. The Morgan fingerprint density at radius 3 is 2.86 bits per heavy atom. The van der Waals surface area contributed by atoms with Gasteiger partial charge in [-0.2, -0.15) is 0 Å². The number of carbonyl (C=O) groups excluding carboxylic acids is 3. The molecule has 0 aliphatic carbocycles. The zero-order valence-corrected chi connectivity index (χ0v) is 16.1. The van der Waals surface area contributed by atoms with Crippen molar-refractivity contribution in [3.63, 3.8) is 0 Å². The Bertz CT molecular complexity index is 959. The largest absolute Gasteiger partial charge is 0.378 e.